The second-order valence-corrected chi connectivity index (χ2v) is 18.8. The molecule has 4 atom stereocenters. The average molecular weight is 950 g/mol. The molecule has 71 heavy (non-hydrogen) atoms. The Bertz CT molecular complexity index is 3210. The number of hydrogen-bond donors (Lipinski definition) is 0. The molecule has 2 amide bonds. The molecule has 2 aromatic heterocycles. The van der Waals surface area contributed by atoms with Crippen LogP contribution in [0, 0.1) is 0 Å². The van der Waals surface area contributed by atoms with Crippen molar-refractivity contribution in [3.63, 3.8) is 0 Å². The minimum atomic E-state index is -0.839. The summed E-state index contributed by atoms with van der Waals surface area (Å²) in [6.45, 7) is 6.77. The van der Waals surface area contributed by atoms with Crippen LogP contribution in [0.3, 0.4) is 0 Å². The Labute approximate surface area is 412 Å². The maximum absolute atomic E-state index is 14.8. The predicted molar refractivity (Wildman–Crippen MR) is 271 cm³/mol. The van der Waals surface area contributed by atoms with E-state index in [-0.39, 0.29) is 31.0 Å². The molecule has 10 rings (SSSR count). The lowest BCUT2D eigenvalue weighted by atomic mass is 9.95. The minimum Gasteiger partial charge on any atom is -0.489 e. The van der Waals surface area contributed by atoms with Crippen LogP contribution in [-0.2, 0) is 59.7 Å². The van der Waals surface area contributed by atoms with Crippen LogP contribution in [0.5, 0.6) is 5.75 Å². The summed E-state index contributed by atoms with van der Waals surface area (Å²) < 4.78 is 43.1. The van der Waals surface area contributed by atoms with E-state index in [0.29, 0.717) is 51.9 Å². The molecule has 12 heteroatoms. The third-order valence-corrected chi connectivity index (χ3v) is 12.7. The molecular formula is C59H55N3O9. The molecule has 1 saturated heterocycles. The lowest BCUT2D eigenvalue weighted by Gasteiger charge is -2.26. The molecule has 0 unspecified atom stereocenters. The van der Waals surface area contributed by atoms with Gasteiger partial charge in [0.2, 0.25) is 0 Å². The van der Waals surface area contributed by atoms with E-state index >= 15 is 0 Å². The SMILES string of the molecule is CN1C(=O)C(c2cn(C(=O)OC(C)(C)C)c3ccccc23)=C(c2cn([C@@H]3O[C@H](COCc4ccccc4)[C@@H](OCc4ccccc4)[C@H]3OCc3ccccc3)c3cc(OCc4ccccc4)ccc23)C1=O. The van der Waals surface area contributed by atoms with Crippen molar-refractivity contribution in [2.24, 2.45) is 0 Å². The van der Waals surface area contributed by atoms with Gasteiger partial charge >= 0.3 is 6.09 Å². The fourth-order valence-corrected chi connectivity index (χ4v) is 9.30. The topological polar surface area (TPSA) is 120 Å². The van der Waals surface area contributed by atoms with Crippen molar-refractivity contribution >= 4 is 50.9 Å². The zero-order valence-electron chi connectivity index (χ0n) is 40.1. The van der Waals surface area contributed by atoms with Gasteiger partial charge in [-0.1, -0.05) is 140 Å². The number of fused-ring (bicyclic) bond motifs is 2. The average Bonchev–Trinajstić information content (AvgIpc) is 4.11. The third kappa shape index (κ3) is 10.1. The fraction of sp³-hybridized carbons (Fsp3) is 0.237. The minimum absolute atomic E-state index is 0.153. The highest BCUT2D eigenvalue weighted by molar-refractivity contribution is 6.50. The largest absolute Gasteiger partial charge is 0.489 e. The van der Waals surface area contributed by atoms with Gasteiger partial charge in [0.15, 0.2) is 6.23 Å². The molecule has 2 aliphatic rings. The Hall–Kier alpha value is -7.61. The lowest BCUT2D eigenvalue weighted by Crippen LogP contribution is -2.38. The molecule has 0 saturated carbocycles. The zero-order chi connectivity index (χ0) is 49.1. The van der Waals surface area contributed by atoms with Crippen molar-refractivity contribution in [2.75, 3.05) is 13.7 Å². The van der Waals surface area contributed by atoms with Gasteiger partial charge in [0.25, 0.3) is 11.8 Å². The second kappa shape index (κ2) is 20.4. The molecule has 0 aliphatic carbocycles. The summed E-state index contributed by atoms with van der Waals surface area (Å²) in [5.74, 6) is -0.428. The molecule has 2 aliphatic heterocycles. The Morgan fingerprint density at radius 1 is 0.577 bits per heavy atom. The van der Waals surface area contributed by atoms with Crippen LogP contribution in [0.2, 0.25) is 0 Å². The summed E-state index contributed by atoms with van der Waals surface area (Å²) in [4.78, 5) is 44.2. The lowest BCUT2D eigenvalue weighted by molar-refractivity contribution is -0.134. The van der Waals surface area contributed by atoms with Crippen LogP contribution in [-0.4, -0.2) is 69.5 Å². The number of hydrogen-bond acceptors (Lipinski definition) is 9. The summed E-state index contributed by atoms with van der Waals surface area (Å²) in [5.41, 5.74) is 5.58. The van der Waals surface area contributed by atoms with Gasteiger partial charge in [0.05, 0.1) is 48.6 Å². The van der Waals surface area contributed by atoms with E-state index in [1.165, 1.54) is 11.6 Å². The van der Waals surface area contributed by atoms with Gasteiger partial charge in [-0.3, -0.25) is 19.1 Å². The third-order valence-electron chi connectivity index (χ3n) is 12.7. The van der Waals surface area contributed by atoms with Gasteiger partial charge in [-0.05, 0) is 61.2 Å². The molecule has 0 N–H and O–H groups in total. The molecule has 1 fully saturated rings. The number of para-hydroxylation sites is 1. The number of aromatic nitrogens is 2. The number of nitrogens with zero attached hydrogens (tertiary/aromatic N) is 3. The first-order valence-electron chi connectivity index (χ1n) is 23.8. The number of likely N-dealkylation sites (N-methyl/N-ethyl adjacent to an activating group) is 1. The quantitative estimate of drug-likeness (QED) is 0.0872. The van der Waals surface area contributed by atoms with Crippen LogP contribution in [0.4, 0.5) is 4.79 Å². The van der Waals surface area contributed by atoms with E-state index in [2.05, 4.69) is 0 Å². The first kappa shape index (κ1) is 47.1. The first-order valence-corrected chi connectivity index (χ1v) is 23.8. The van der Waals surface area contributed by atoms with E-state index in [0.717, 1.165) is 27.2 Å². The Morgan fingerprint density at radius 2 is 1.08 bits per heavy atom. The molecule has 6 aromatic carbocycles. The van der Waals surface area contributed by atoms with Crippen LogP contribution < -0.4 is 4.74 Å². The maximum Gasteiger partial charge on any atom is 0.419 e. The zero-order valence-corrected chi connectivity index (χ0v) is 40.1. The number of benzene rings is 6. The normalized spacial score (nSPS) is 18.3. The molecule has 360 valence electrons. The maximum atomic E-state index is 14.8. The standard InChI is InChI=1S/C59H55N3O9/c1-59(2,3)71-58(65)62-33-47(44-27-17-18-28-48(44)62)52-51(55(63)60(4)56(52)64)46-32-61(49-31-43(29-30-45(46)49)67-35-40-21-11-6-12-22-40)57-54(69-37-42-25-15-8-16-26-42)53(68-36-41-23-13-7-14-24-41)50(70-57)38-66-34-39-19-9-5-10-20-39/h5-33,50,53-54,57H,34-38H2,1-4H3/t50-,53-,54-,57-/m1/s1. The van der Waals surface area contributed by atoms with E-state index in [4.69, 9.17) is 28.4 Å². The molecule has 0 radical (unpaired) electrons. The number of carbonyl (C=O) groups is 3. The van der Waals surface area contributed by atoms with Gasteiger partial charge in [-0.15, -0.1) is 0 Å². The van der Waals surface area contributed by atoms with Crippen LogP contribution in [0.1, 0.15) is 60.4 Å². The van der Waals surface area contributed by atoms with Crippen molar-refractivity contribution in [3.05, 3.63) is 210 Å². The van der Waals surface area contributed by atoms with Gasteiger partial charge in [-0.25, -0.2) is 4.79 Å². The summed E-state index contributed by atoms with van der Waals surface area (Å²) in [7, 11) is 1.47. The van der Waals surface area contributed by atoms with Gasteiger partial charge < -0.3 is 33.0 Å². The summed E-state index contributed by atoms with van der Waals surface area (Å²) in [5, 5.41) is 1.26. The van der Waals surface area contributed by atoms with E-state index in [9.17, 15) is 14.4 Å². The predicted octanol–water partition coefficient (Wildman–Crippen LogP) is 11.2. The van der Waals surface area contributed by atoms with E-state index < -0.39 is 48.0 Å². The number of amides is 2. The van der Waals surface area contributed by atoms with Gasteiger partial charge in [0, 0.05) is 47.4 Å². The van der Waals surface area contributed by atoms with E-state index in [1.807, 2.05) is 168 Å². The molecular weight excluding hydrogens is 895 g/mol. The summed E-state index contributed by atoms with van der Waals surface area (Å²) in [6.07, 6.45) is 0.0459. The van der Waals surface area contributed by atoms with Gasteiger partial charge in [-0.2, -0.15) is 0 Å². The fourth-order valence-electron chi connectivity index (χ4n) is 9.30. The van der Waals surface area contributed by atoms with E-state index in [1.54, 1.807) is 33.0 Å². The second-order valence-electron chi connectivity index (χ2n) is 18.8. The van der Waals surface area contributed by atoms with Crippen molar-refractivity contribution in [1.29, 1.82) is 0 Å². The molecule has 8 aromatic rings. The summed E-state index contributed by atoms with van der Waals surface area (Å²) in [6, 6.07) is 52.7. The number of imide groups is 1. The highest BCUT2D eigenvalue weighted by Gasteiger charge is 2.49. The first-order chi connectivity index (χ1) is 34.5. The Kier molecular flexibility index (Phi) is 13.5. The summed E-state index contributed by atoms with van der Waals surface area (Å²) >= 11 is 0. The van der Waals surface area contributed by atoms with Crippen LogP contribution in [0.15, 0.2) is 176 Å². The number of ether oxygens (including phenoxy) is 6. The van der Waals surface area contributed by atoms with Crippen LogP contribution in [0.25, 0.3) is 33.0 Å². The highest BCUT2D eigenvalue weighted by Crippen LogP contribution is 2.45. The molecule has 0 bridgehead atoms. The van der Waals surface area contributed by atoms with Crippen molar-refractivity contribution < 1.29 is 42.8 Å². The Balaban J connectivity index is 1.13. The van der Waals surface area contributed by atoms with Crippen LogP contribution >= 0.6 is 0 Å². The van der Waals surface area contributed by atoms with Crippen molar-refractivity contribution in [1.82, 2.24) is 14.0 Å². The number of rotatable bonds is 16. The number of carbonyl (C=O) groups excluding carboxylic acids is 3. The Morgan fingerprint density at radius 3 is 1.68 bits per heavy atom. The van der Waals surface area contributed by atoms with Gasteiger partial charge in [0.1, 0.15) is 36.3 Å². The molecule has 12 nitrogen and oxygen atoms in total. The smallest absolute Gasteiger partial charge is 0.419 e. The van der Waals surface area contributed by atoms with Crippen molar-refractivity contribution in [3.8, 4) is 5.75 Å². The highest BCUT2D eigenvalue weighted by atomic mass is 16.6. The van der Waals surface area contributed by atoms with Crippen molar-refractivity contribution in [2.45, 2.75) is 77.3 Å². The molecule has 0 spiro atoms. The molecule has 4 heterocycles. The monoisotopic (exact) mass is 949 g/mol.